The average molecular weight is 503 g/mol. The van der Waals surface area contributed by atoms with Crippen LogP contribution in [0.4, 0.5) is 0 Å². The Kier molecular flexibility index (Phi) is 6.37. The maximum absolute atomic E-state index is 12.9. The maximum atomic E-state index is 12.9. The quantitative estimate of drug-likeness (QED) is 0.230. The molecule has 2 bridgehead atoms. The van der Waals surface area contributed by atoms with E-state index in [-0.39, 0.29) is 31.8 Å². The molecule has 9 heteroatoms. The van der Waals surface area contributed by atoms with E-state index in [0.29, 0.717) is 19.4 Å². The van der Waals surface area contributed by atoms with Gasteiger partial charge in [-0.2, -0.15) is 0 Å². The molecule has 5 rings (SSSR count). The highest BCUT2D eigenvalue weighted by Gasteiger charge is 2.83. The lowest BCUT2D eigenvalue weighted by atomic mass is 9.51. The van der Waals surface area contributed by atoms with Crippen molar-refractivity contribution >= 4 is 17.9 Å². The monoisotopic (exact) mass is 502 g/mol. The largest absolute Gasteiger partial charge is 0.463 e. The van der Waals surface area contributed by atoms with E-state index in [1.54, 1.807) is 6.92 Å². The molecular weight excluding hydrogens is 468 g/mol. The van der Waals surface area contributed by atoms with Gasteiger partial charge in [0.2, 0.25) is 0 Å². The minimum Gasteiger partial charge on any atom is -0.463 e. The number of rotatable bonds is 0. The van der Waals surface area contributed by atoms with Gasteiger partial charge in [0.25, 0.3) is 0 Å². The second-order valence-corrected chi connectivity index (χ2v) is 11.0. The number of cyclic esters (lactones) is 2. The van der Waals surface area contributed by atoms with E-state index < -0.39 is 52.5 Å². The van der Waals surface area contributed by atoms with Gasteiger partial charge in [-0.15, -0.1) is 0 Å². The average Bonchev–Trinajstić information content (AvgIpc) is 3.62. The summed E-state index contributed by atoms with van der Waals surface area (Å²) in [6.45, 7) is 6.34. The van der Waals surface area contributed by atoms with Gasteiger partial charge in [0.15, 0.2) is 6.10 Å². The first-order valence-corrected chi connectivity index (χ1v) is 12.7. The van der Waals surface area contributed by atoms with Crippen LogP contribution in [0.15, 0.2) is 36.0 Å². The van der Waals surface area contributed by atoms with Crippen LogP contribution in [0.25, 0.3) is 0 Å². The lowest BCUT2D eigenvalue weighted by Gasteiger charge is -2.58. The molecule has 196 valence electrons. The Hall–Kier alpha value is -2.49. The second kappa shape index (κ2) is 9.11. The molecule has 2 spiro atoms. The van der Waals surface area contributed by atoms with Crippen molar-refractivity contribution in [2.45, 2.75) is 76.5 Å². The van der Waals surface area contributed by atoms with E-state index in [1.807, 2.05) is 0 Å². The van der Waals surface area contributed by atoms with Crippen molar-refractivity contribution in [3.05, 3.63) is 36.0 Å². The summed E-state index contributed by atoms with van der Waals surface area (Å²) >= 11 is 0. The number of carbonyl (C=O) groups is 3. The predicted octanol–water partition coefficient (Wildman–Crippen LogP) is 2.17. The standard InChI is InChI=1S/C27H34O9/c1-16-8-10-26-14-33-24(31)23(30)17(2)9-11-32-21(28)6-4-5-7-22(29)36-18-13-20(35-19(26)12-16)27(15-34-27)25(18,26)3/h4-7,12,17-20,23,30H,8-11,13-15H2,1-3H3/b6-4+,7-5-/t17-,18+,19+,20+,23-,25+,26+,27-/m0/s1. The molecule has 0 aromatic rings. The number of aliphatic hydroxyl groups excluding tert-OH is 1. The molecule has 3 fully saturated rings. The third-order valence-corrected chi connectivity index (χ3v) is 9.12. The molecule has 0 amide bonds. The zero-order valence-electron chi connectivity index (χ0n) is 20.9. The fraction of sp³-hybridized carbons (Fsp3) is 0.667. The first-order chi connectivity index (χ1) is 17.1. The number of hydrogen-bond donors (Lipinski definition) is 1. The van der Waals surface area contributed by atoms with E-state index in [4.69, 9.17) is 23.7 Å². The van der Waals surface area contributed by atoms with Crippen LogP contribution >= 0.6 is 0 Å². The SMILES string of the molecule is CC1=C[C@H]2O[C@@H]3C[C@H]4OC(=O)/C=C\C=C\C(=O)OCC[C@H](C)[C@H](O)C(=O)OC[C@@]2(CC1)[C@]4(C)[C@]31CO1. The molecule has 3 aliphatic heterocycles. The van der Waals surface area contributed by atoms with Gasteiger partial charge in [-0.05, 0) is 32.1 Å². The number of ether oxygens (including phenoxy) is 5. The normalized spacial score (nSPS) is 46.8. The van der Waals surface area contributed by atoms with E-state index in [0.717, 1.165) is 6.42 Å². The van der Waals surface area contributed by atoms with Crippen LogP contribution in [-0.2, 0) is 38.1 Å². The van der Waals surface area contributed by atoms with E-state index in [1.165, 1.54) is 29.9 Å². The minimum absolute atomic E-state index is 0.00000344. The van der Waals surface area contributed by atoms with Crippen molar-refractivity contribution in [2.24, 2.45) is 16.7 Å². The van der Waals surface area contributed by atoms with Crippen molar-refractivity contribution in [3.63, 3.8) is 0 Å². The van der Waals surface area contributed by atoms with Crippen LogP contribution in [0, 0.1) is 16.7 Å². The Bertz CT molecular complexity index is 1020. The van der Waals surface area contributed by atoms with Crippen LogP contribution < -0.4 is 0 Å². The van der Waals surface area contributed by atoms with Gasteiger partial charge >= 0.3 is 17.9 Å². The van der Waals surface area contributed by atoms with Gasteiger partial charge in [0, 0.05) is 24.0 Å². The molecule has 0 aromatic heterocycles. The predicted molar refractivity (Wildman–Crippen MR) is 125 cm³/mol. The van der Waals surface area contributed by atoms with Crippen LogP contribution in [0.1, 0.15) is 46.5 Å². The molecule has 2 saturated heterocycles. The molecule has 1 N–H and O–H groups in total. The highest BCUT2D eigenvalue weighted by atomic mass is 16.6. The summed E-state index contributed by atoms with van der Waals surface area (Å²) in [6, 6.07) is 0. The van der Waals surface area contributed by atoms with Gasteiger partial charge in [0.1, 0.15) is 18.3 Å². The van der Waals surface area contributed by atoms with Crippen molar-refractivity contribution in [1.29, 1.82) is 0 Å². The zero-order valence-corrected chi connectivity index (χ0v) is 20.9. The van der Waals surface area contributed by atoms with Gasteiger partial charge in [-0.25, -0.2) is 14.4 Å². The van der Waals surface area contributed by atoms with Crippen LogP contribution in [-0.4, -0.2) is 72.9 Å². The summed E-state index contributed by atoms with van der Waals surface area (Å²) in [5, 5.41) is 10.6. The maximum Gasteiger partial charge on any atom is 0.335 e. The molecule has 36 heavy (non-hydrogen) atoms. The van der Waals surface area contributed by atoms with Gasteiger partial charge in [-0.1, -0.05) is 37.6 Å². The van der Waals surface area contributed by atoms with Crippen molar-refractivity contribution < 1.29 is 43.2 Å². The van der Waals surface area contributed by atoms with Crippen molar-refractivity contribution in [3.8, 4) is 0 Å². The molecule has 0 aromatic carbocycles. The number of epoxide rings is 1. The van der Waals surface area contributed by atoms with Crippen molar-refractivity contribution in [2.75, 3.05) is 19.8 Å². The van der Waals surface area contributed by atoms with Crippen LogP contribution in [0.5, 0.6) is 0 Å². The van der Waals surface area contributed by atoms with Crippen LogP contribution in [0.3, 0.4) is 0 Å². The molecule has 0 unspecified atom stereocenters. The summed E-state index contributed by atoms with van der Waals surface area (Å²) in [4.78, 5) is 37.6. The van der Waals surface area contributed by atoms with Gasteiger partial charge in [-0.3, -0.25) is 0 Å². The highest BCUT2D eigenvalue weighted by Crippen LogP contribution is 2.72. The summed E-state index contributed by atoms with van der Waals surface area (Å²) in [7, 11) is 0. The highest BCUT2D eigenvalue weighted by molar-refractivity contribution is 5.84. The van der Waals surface area contributed by atoms with E-state index in [2.05, 4.69) is 19.9 Å². The summed E-state index contributed by atoms with van der Waals surface area (Å²) in [5.74, 6) is -2.34. The minimum atomic E-state index is -1.37. The first-order valence-electron chi connectivity index (χ1n) is 12.7. The lowest BCUT2D eigenvalue weighted by Crippen LogP contribution is -2.66. The third kappa shape index (κ3) is 3.83. The second-order valence-electron chi connectivity index (χ2n) is 11.0. The fourth-order valence-corrected chi connectivity index (χ4v) is 6.65. The Morgan fingerprint density at radius 3 is 2.47 bits per heavy atom. The number of hydrogen-bond acceptors (Lipinski definition) is 9. The Morgan fingerprint density at radius 1 is 1.03 bits per heavy atom. The molecule has 8 atom stereocenters. The molecule has 5 aliphatic rings. The van der Waals surface area contributed by atoms with Crippen LogP contribution in [0.2, 0.25) is 0 Å². The summed E-state index contributed by atoms with van der Waals surface area (Å²) in [5.41, 5.74) is -0.820. The van der Waals surface area contributed by atoms with Gasteiger partial charge < -0.3 is 28.8 Å². The number of aliphatic hydroxyl groups is 1. The number of esters is 3. The zero-order chi connectivity index (χ0) is 25.7. The molecule has 1 saturated carbocycles. The Labute approximate surface area is 210 Å². The fourth-order valence-electron chi connectivity index (χ4n) is 6.65. The smallest absolute Gasteiger partial charge is 0.335 e. The lowest BCUT2D eigenvalue weighted by molar-refractivity contribution is -0.234. The Balaban J connectivity index is 1.52. The summed E-state index contributed by atoms with van der Waals surface area (Å²) in [6.07, 6.45) is 7.11. The molecule has 9 nitrogen and oxygen atoms in total. The Morgan fingerprint density at radius 2 is 1.75 bits per heavy atom. The molecule has 2 aliphatic carbocycles. The number of allylic oxidation sites excluding steroid dienone is 3. The first kappa shape index (κ1) is 25.2. The molecule has 3 heterocycles. The molecule has 0 radical (unpaired) electrons. The van der Waals surface area contributed by atoms with E-state index >= 15 is 0 Å². The van der Waals surface area contributed by atoms with Crippen molar-refractivity contribution in [1.82, 2.24) is 0 Å². The molecular formula is C27H34O9. The summed E-state index contributed by atoms with van der Waals surface area (Å²) < 4.78 is 29.6. The third-order valence-electron chi connectivity index (χ3n) is 9.12. The van der Waals surface area contributed by atoms with E-state index in [9.17, 15) is 19.5 Å². The van der Waals surface area contributed by atoms with Gasteiger partial charge in [0.05, 0.1) is 30.8 Å². The topological polar surface area (TPSA) is 121 Å². The number of carbonyl (C=O) groups excluding carboxylic acids is 3.